The van der Waals surface area contributed by atoms with Crippen molar-refractivity contribution >= 4 is 17.9 Å². The predicted molar refractivity (Wildman–Crippen MR) is 167 cm³/mol. The van der Waals surface area contributed by atoms with E-state index in [1.807, 2.05) is 53.4 Å². The first-order chi connectivity index (χ1) is 21.8. The summed E-state index contributed by atoms with van der Waals surface area (Å²) in [5.41, 5.74) is 2.62. The number of amides is 2. The van der Waals surface area contributed by atoms with E-state index in [9.17, 15) is 22.8 Å². The largest absolute Gasteiger partial charge is 0.416 e. The quantitative estimate of drug-likeness (QED) is 0.203. The molecule has 0 spiro atoms. The van der Waals surface area contributed by atoms with E-state index < -0.39 is 23.7 Å². The minimum absolute atomic E-state index is 0.136. The SMILES string of the molecule is O=C([C@H](Cc1ccccc1)N(Cc1ccncc1)C(=O)/C=C/c1ccc(C(F)(F)F)cc1)N1CCN(Cc2ccccc2)CC1. The summed E-state index contributed by atoms with van der Waals surface area (Å²) in [5.74, 6) is -0.549. The van der Waals surface area contributed by atoms with Crippen molar-refractivity contribution in [2.45, 2.75) is 31.7 Å². The van der Waals surface area contributed by atoms with Gasteiger partial charge in [0.1, 0.15) is 6.04 Å². The number of halogens is 3. The molecule has 0 radical (unpaired) electrons. The molecule has 1 saturated heterocycles. The normalized spacial score (nSPS) is 14.8. The zero-order valence-corrected chi connectivity index (χ0v) is 24.8. The number of hydrogen-bond acceptors (Lipinski definition) is 4. The third-order valence-corrected chi connectivity index (χ3v) is 7.91. The Bertz CT molecular complexity index is 1560. The van der Waals surface area contributed by atoms with Crippen molar-refractivity contribution in [3.63, 3.8) is 0 Å². The molecule has 0 N–H and O–H groups in total. The summed E-state index contributed by atoms with van der Waals surface area (Å²) in [4.78, 5) is 38.0. The van der Waals surface area contributed by atoms with Crippen LogP contribution in [-0.2, 0) is 35.3 Å². The van der Waals surface area contributed by atoms with Crippen LogP contribution in [-0.4, -0.2) is 63.7 Å². The van der Waals surface area contributed by atoms with Gasteiger partial charge in [0.05, 0.1) is 5.56 Å². The maximum absolute atomic E-state index is 14.3. The van der Waals surface area contributed by atoms with Crippen LogP contribution in [0.25, 0.3) is 6.08 Å². The second-order valence-corrected chi connectivity index (χ2v) is 11.1. The minimum atomic E-state index is -4.45. The second kappa shape index (κ2) is 14.8. The topological polar surface area (TPSA) is 56.8 Å². The summed E-state index contributed by atoms with van der Waals surface area (Å²) < 4.78 is 39.1. The Morgan fingerprint density at radius 3 is 1.98 bits per heavy atom. The Morgan fingerprint density at radius 2 is 1.38 bits per heavy atom. The maximum atomic E-state index is 14.3. The molecule has 1 atom stereocenters. The first-order valence-electron chi connectivity index (χ1n) is 14.9. The lowest BCUT2D eigenvalue weighted by atomic mass is 10.0. The molecule has 232 valence electrons. The third-order valence-electron chi connectivity index (χ3n) is 7.91. The number of aromatic nitrogens is 1. The lowest BCUT2D eigenvalue weighted by Gasteiger charge is -2.39. The standard InChI is InChI=1S/C36H35F3N4O2/c37-36(38,39)32-14-11-28(12-15-32)13-16-34(44)43(27-31-17-19-40-20-18-31)33(25-29-7-3-1-4-8-29)35(45)42-23-21-41(22-24-42)26-30-9-5-2-6-10-30/h1-20,33H,21-27H2/b16-13+/t33-/m0/s1. The minimum Gasteiger partial charge on any atom is -0.338 e. The van der Waals surface area contributed by atoms with Crippen LogP contribution in [0, 0.1) is 0 Å². The number of pyridine rings is 1. The van der Waals surface area contributed by atoms with E-state index in [0.29, 0.717) is 38.2 Å². The zero-order valence-electron chi connectivity index (χ0n) is 24.8. The molecule has 5 rings (SSSR count). The molecule has 4 aromatic rings. The summed E-state index contributed by atoms with van der Waals surface area (Å²) in [5, 5.41) is 0. The van der Waals surface area contributed by atoms with Gasteiger partial charge < -0.3 is 9.80 Å². The number of alkyl halides is 3. The van der Waals surface area contributed by atoms with Crippen molar-refractivity contribution in [2.24, 2.45) is 0 Å². The van der Waals surface area contributed by atoms with Crippen LogP contribution in [0.4, 0.5) is 13.2 Å². The molecule has 1 fully saturated rings. The highest BCUT2D eigenvalue weighted by Gasteiger charge is 2.34. The molecule has 6 nitrogen and oxygen atoms in total. The van der Waals surface area contributed by atoms with Crippen LogP contribution in [0.15, 0.2) is 116 Å². The van der Waals surface area contributed by atoms with E-state index in [1.165, 1.54) is 29.8 Å². The van der Waals surface area contributed by atoms with Crippen LogP contribution >= 0.6 is 0 Å². The molecular weight excluding hydrogens is 577 g/mol. The second-order valence-electron chi connectivity index (χ2n) is 11.1. The molecule has 0 aliphatic carbocycles. The molecule has 2 amide bonds. The lowest BCUT2D eigenvalue weighted by molar-refractivity contribution is -0.145. The van der Waals surface area contributed by atoms with Gasteiger partial charge in [-0.2, -0.15) is 13.2 Å². The first kappa shape index (κ1) is 31.7. The van der Waals surface area contributed by atoms with Gasteiger partial charge in [0, 0.05) is 64.2 Å². The van der Waals surface area contributed by atoms with Crippen LogP contribution in [0.3, 0.4) is 0 Å². The van der Waals surface area contributed by atoms with E-state index in [1.54, 1.807) is 29.4 Å². The Labute approximate surface area is 261 Å². The summed E-state index contributed by atoms with van der Waals surface area (Å²) in [7, 11) is 0. The average Bonchev–Trinajstić information content (AvgIpc) is 3.06. The highest BCUT2D eigenvalue weighted by Crippen LogP contribution is 2.29. The van der Waals surface area contributed by atoms with Crippen molar-refractivity contribution < 1.29 is 22.8 Å². The fraction of sp³-hybridized carbons (Fsp3) is 0.250. The first-order valence-corrected chi connectivity index (χ1v) is 14.9. The molecule has 0 unspecified atom stereocenters. The van der Waals surface area contributed by atoms with Crippen LogP contribution < -0.4 is 0 Å². The monoisotopic (exact) mass is 612 g/mol. The molecule has 1 aliphatic heterocycles. The van der Waals surface area contributed by atoms with Gasteiger partial charge in [0.25, 0.3) is 0 Å². The molecule has 0 saturated carbocycles. The number of carbonyl (C=O) groups excluding carboxylic acids is 2. The van der Waals surface area contributed by atoms with Crippen molar-refractivity contribution in [1.29, 1.82) is 0 Å². The number of nitrogens with zero attached hydrogens (tertiary/aromatic N) is 4. The Morgan fingerprint density at radius 1 is 0.778 bits per heavy atom. The Balaban J connectivity index is 1.39. The van der Waals surface area contributed by atoms with Gasteiger partial charge in [-0.25, -0.2) is 0 Å². The van der Waals surface area contributed by atoms with Gasteiger partial charge in [-0.1, -0.05) is 72.8 Å². The van der Waals surface area contributed by atoms with E-state index in [4.69, 9.17) is 0 Å². The van der Waals surface area contributed by atoms with Crippen LogP contribution in [0.5, 0.6) is 0 Å². The van der Waals surface area contributed by atoms with Crippen molar-refractivity contribution in [1.82, 2.24) is 19.7 Å². The van der Waals surface area contributed by atoms with Crippen LogP contribution in [0.2, 0.25) is 0 Å². The van der Waals surface area contributed by atoms with E-state index >= 15 is 0 Å². The number of carbonyl (C=O) groups is 2. The fourth-order valence-electron chi connectivity index (χ4n) is 5.42. The van der Waals surface area contributed by atoms with Gasteiger partial charge in [0.2, 0.25) is 11.8 Å². The lowest BCUT2D eigenvalue weighted by Crippen LogP contribution is -2.56. The predicted octanol–water partition coefficient (Wildman–Crippen LogP) is 6.10. The van der Waals surface area contributed by atoms with Crippen LogP contribution in [0.1, 0.15) is 27.8 Å². The Hall–Kier alpha value is -4.76. The van der Waals surface area contributed by atoms with E-state index in [0.717, 1.165) is 29.8 Å². The van der Waals surface area contributed by atoms with E-state index in [2.05, 4.69) is 22.0 Å². The summed E-state index contributed by atoms with van der Waals surface area (Å²) in [6, 6.07) is 27.2. The molecular formula is C36H35F3N4O2. The molecule has 0 bridgehead atoms. The molecule has 1 aliphatic rings. The van der Waals surface area contributed by atoms with Gasteiger partial charge in [0.15, 0.2) is 0 Å². The Kier molecular flexibility index (Phi) is 10.4. The highest BCUT2D eigenvalue weighted by molar-refractivity contribution is 5.95. The number of rotatable bonds is 10. The number of benzene rings is 3. The fourth-order valence-corrected chi connectivity index (χ4v) is 5.42. The van der Waals surface area contributed by atoms with Gasteiger partial charge >= 0.3 is 6.18 Å². The molecule has 9 heteroatoms. The highest BCUT2D eigenvalue weighted by atomic mass is 19.4. The summed E-state index contributed by atoms with van der Waals surface area (Å²) in [6.07, 6.45) is 1.94. The zero-order chi connectivity index (χ0) is 31.6. The molecule has 1 aromatic heterocycles. The van der Waals surface area contributed by atoms with Crippen molar-refractivity contribution in [3.8, 4) is 0 Å². The van der Waals surface area contributed by atoms with E-state index in [-0.39, 0.29) is 12.5 Å². The average molecular weight is 613 g/mol. The smallest absolute Gasteiger partial charge is 0.338 e. The maximum Gasteiger partial charge on any atom is 0.416 e. The molecule has 2 heterocycles. The molecule has 3 aromatic carbocycles. The number of piperazine rings is 1. The summed E-state index contributed by atoms with van der Waals surface area (Å²) >= 11 is 0. The van der Waals surface area contributed by atoms with Crippen molar-refractivity contribution in [3.05, 3.63) is 143 Å². The van der Waals surface area contributed by atoms with Gasteiger partial charge in [-0.3, -0.25) is 19.5 Å². The van der Waals surface area contributed by atoms with Gasteiger partial charge in [-0.15, -0.1) is 0 Å². The summed E-state index contributed by atoms with van der Waals surface area (Å²) in [6.45, 7) is 3.47. The molecule has 45 heavy (non-hydrogen) atoms. The number of hydrogen-bond donors (Lipinski definition) is 0. The van der Waals surface area contributed by atoms with Crippen molar-refractivity contribution in [2.75, 3.05) is 26.2 Å². The third kappa shape index (κ3) is 8.89. The van der Waals surface area contributed by atoms with Gasteiger partial charge in [-0.05, 0) is 52.6 Å².